The van der Waals surface area contributed by atoms with E-state index in [1.807, 2.05) is 49.4 Å². The zero-order valence-corrected chi connectivity index (χ0v) is 26.0. The van der Waals surface area contributed by atoms with E-state index in [2.05, 4.69) is 20.6 Å². The smallest absolute Gasteiger partial charge is 0.354 e. The van der Waals surface area contributed by atoms with Crippen LogP contribution in [0.3, 0.4) is 0 Å². The molecule has 1 aliphatic heterocycles. The molecule has 2 aromatic carbocycles. The summed E-state index contributed by atoms with van der Waals surface area (Å²) >= 11 is 0. The highest BCUT2D eigenvalue weighted by atomic mass is 19.1. The number of nitrogens with zero attached hydrogens (tertiary/aromatic N) is 2. The van der Waals surface area contributed by atoms with Crippen LogP contribution in [0.15, 0.2) is 53.5 Å². The van der Waals surface area contributed by atoms with E-state index in [0.717, 1.165) is 49.7 Å². The number of rotatable bonds is 12. The summed E-state index contributed by atoms with van der Waals surface area (Å²) in [4.78, 5) is 20.5. The van der Waals surface area contributed by atoms with Crippen LogP contribution < -0.4 is 27.8 Å². The number of halogens is 2. The number of nitrogens with one attached hydrogen (secondary N) is 4. The van der Waals surface area contributed by atoms with E-state index in [1.54, 1.807) is 13.1 Å². The van der Waals surface area contributed by atoms with Crippen LogP contribution in [-0.4, -0.2) is 51.7 Å². The quantitative estimate of drug-likeness (QED) is 0.0979. The standard InChI is InChI=1S/C34H44F2N8O/c1-20-13-22(6-3-5-21(2)38)14-28(32(20)36)30-15-24-19-44(34(45)43-33(24)42-30)27-11-9-23(10-12-27)29-8-4-7-25(40-29)16-26(17-35)41-31(39)18-37/h9-15,19,21,25-26,29,40H,3-8,16-18,37-38H2,1-2H3,(H2,39,41)(H,42,43,45)/t21-,25-,26-,29-/m0/s1. The molecule has 2 aromatic heterocycles. The highest BCUT2D eigenvalue weighted by Crippen LogP contribution is 2.30. The van der Waals surface area contributed by atoms with Crippen LogP contribution in [0.5, 0.6) is 0 Å². The molecule has 0 spiro atoms. The van der Waals surface area contributed by atoms with Gasteiger partial charge in [-0.1, -0.05) is 24.6 Å². The van der Waals surface area contributed by atoms with Crippen molar-refractivity contribution in [2.24, 2.45) is 11.5 Å². The molecular weight excluding hydrogens is 574 g/mol. The number of aromatic amines is 1. The predicted octanol–water partition coefficient (Wildman–Crippen LogP) is 4.94. The maximum atomic E-state index is 15.3. The van der Waals surface area contributed by atoms with Gasteiger partial charge in [0, 0.05) is 35.3 Å². The summed E-state index contributed by atoms with van der Waals surface area (Å²) < 4.78 is 30.3. The summed E-state index contributed by atoms with van der Waals surface area (Å²) in [6.45, 7) is 3.24. The molecule has 0 saturated carbocycles. The summed E-state index contributed by atoms with van der Waals surface area (Å²) in [5.74, 6) is -0.159. The third-order valence-corrected chi connectivity index (χ3v) is 8.63. The van der Waals surface area contributed by atoms with Crippen molar-refractivity contribution >= 4 is 16.9 Å². The zero-order chi connectivity index (χ0) is 32.1. The molecule has 1 aliphatic rings. The fourth-order valence-electron chi connectivity index (χ4n) is 6.28. The van der Waals surface area contributed by atoms with Crippen molar-refractivity contribution < 1.29 is 8.78 Å². The lowest BCUT2D eigenvalue weighted by molar-refractivity contribution is 0.275. The van der Waals surface area contributed by atoms with Gasteiger partial charge in [-0.3, -0.25) is 9.98 Å². The Hall–Kier alpha value is -3.93. The number of nitrogens with two attached hydrogens (primary N) is 2. The van der Waals surface area contributed by atoms with Gasteiger partial charge in [-0.15, -0.1) is 0 Å². The number of benzene rings is 2. The molecular formula is C34H44F2N8O. The number of hydrogen-bond donors (Lipinski definition) is 6. The predicted molar refractivity (Wildman–Crippen MR) is 176 cm³/mol. The van der Waals surface area contributed by atoms with Crippen molar-refractivity contribution in [3.63, 3.8) is 0 Å². The number of alkyl halides is 1. The van der Waals surface area contributed by atoms with E-state index in [-0.39, 0.29) is 36.3 Å². The van der Waals surface area contributed by atoms with Crippen LogP contribution in [0.25, 0.3) is 28.0 Å². The highest BCUT2D eigenvalue weighted by molar-refractivity contribution is 5.83. The van der Waals surface area contributed by atoms with Gasteiger partial charge in [-0.05, 0) is 93.3 Å². The summed E-state index contributed by atoms with van der Waals surface area (Å²) in [5, 5.41) is 14.9. The van der Waals surface area contributed by atoms with E-state index >= 15 is 4.39 Å². The lowest BCUT2D eigenvalue weighted by Crippen LogP contribution is -2.46. The highest BCUT2D eigenvalue weighted by Gasteiger charge is 2.25. The van der Waals surface area contributed by atoms with Crippen LogP contribution in [0.1, 0.15) is 68.2 Å². The minimum Gasteiger partial charge on any atom is -0.368 e. The summed E-state index contributed by atoms with van der Waals surface area (Å²) in [6.07, 6.45) is 7.81. The number of aromatic nitrogens is 3. The maximum Gasteiger partial charge on any atom is 0.354 e. The molecule has 45 heavy (non-hydrogen) atoms. The van der Waals surface area contributed by atoms with Gasteiger partial charge in [-0.2, -0.15) is 4.98 Å². The molecule has 0 unspecified atom stereocenters. The monoisotopic (exact) mass is 618 g/mol. The van der Waals surface area contributed by atoms with Crippen LogP contribution >= 0.6 is 0 Å². The van der Waals surface area contributed by atoms with Gasteiger partial charge in [0.15, 0.2) is 0 Å². The largest absolute Gasteiger partial charge is 0.368 e. The SMILES string of the molecule is Cc1cc(CCC[C@H](C)N)cc(-c2cc3cn(-c4ccc([C@@H]5CCC[C@@H](C[C@@H](CF)NC(=N)CN)N5)cc4)c(=O)nc3[nH]2)c1F. The van der Waals surface area contributed by atoms with E-state index in [4.69, 9.17) is 16.9 Å². The first kappa shape index (κ1) is 32.5. The molecule has 0 radical (unpaired) electrons. The Morgan fingerprint density at radius 1 is 1.22 bits per heavy atom. The lowest BCUT2D eigenvalue weighted by Gasteiger charge is -2.33. The van der Waals surface area contributed by atoms with E-state index in [0.29, 0.717) is 40.0 Å². The fraction of sp³-hybridized carbons (Fsp3) is 0.441. The van der Waals surface area contributed by atoms with E-state index in [9.17, 15) is 9.18 Å². The molecule has 4 aromatic rings. The molecule has 8 N–H and O–H groups in total. The molecule has 11 heteroatoms. The van der Waals surface area contributed by atoms with Crippen molar-refractivity contribution in [1.82, 2.24) is 25.2 Å². The lowest BCUT2D eigenvalue weighted by atomic mass is 9.90. The van der Waals surface area contributed by atoms with Gasteiger partial charge in [0.1, 0.15) is 24.0 Å². The van der Waals surface area contributed by atoms with Gasteiger partial charge in [0.05, 0.1) is 24.0 Å². The van der Waals surface area contributed by atoms with Crippen LogP contribution in [-0.2, 0) is 6.42 Å². The minimum absolute atomic E-state index is 0.0575. The van der Waals surface area contributed by atoms with Crippen molar-refractivity contribution in [2.45, 2.75) is 83.0 Å². The van der Waals surface area contributed by atoms with E-state index < -0.39 is 18.4 Å². The zero-order valence-electron chi connectivity index (χ0n) is 26.0. The molecule has 0 amide bonds. The van der Waals surface area contributed by atoms with Crippen molar-refractivity contribution in [3.05, 3.63) is 81.7 Å². The topological polar surface area (TPSA) is 151 Å². The Labute approximate surface area is 262 Å². The molecule has 5 rings (SSSR count). The minimum atomic E-state index is -0.564. The summed E-state index contributed by atoms with van der Waals surface area (Å²) in [6, 6.07) is 13.3. The molecule has 1 saturated heterocycles. The Kier molecular flexibility index (Phi) is 10.4. The summed E-state index contributed by atoms with van der Waals surface area (Å²) in [7, 11) is 0. The second-order valence-corrected chi connectivity index (χ2v) is 12.4. The Morgan fingerprint density at radius 2 is 2.00 bits per heavy atom. The number of fused-ring (bicyclic) bond motifs is 1. The number of hydrogen-bond acceptors (Lipinski definition) is 6. The van der Waals surface area contributed by atoms with E-state index in [1.165, 1.54) is 4.57 Å². The average Bonchev–Trinajstić information content (AvgIpc) is 3.44. The van der Waals surface area contributed by atoms with Gasteiger partial charge in [0.25, 0.3) is 0 Å². The van der Waals surface area contributed by atoms with Gasteiger partial charge in [0.2, 0.25) is 0 Å². The molecule has 3 heterocycles. The molecule has 0 bridgehead atoms. The normalized spacial score (nSPS) is 18.2. The second-order valence-electron chi connectivity index (χ2n) is 12.4. The van der Waals surface area contributed by atoms with Crippen LogP contribution in [0, 0.1) is 18.2 Å². The van der Waals surface area contributed by atoms with Crippen molar-refractivity contribution in [2.75, 3.05) is 13.2 Å². The Bertz CT molecular complexity index is 1680. The fourth-order valence-corrected chi connectivity index (χ4v) is 6.28. The van der Waals surface area contributed by atoms with Crippen molar-refractivity contribution in [3.8, 4) is 16.9 Å². The molecule has 240 valence electrons. The summed E-state index contributed by atoms with van der Waals surface area (Å²) in [5.41, 5.74) is 15.8. The Balaban J connectivity index is 1.33. The molecule has 1 fully saturated rings. The second kappa shape index (κ2) is 14.4. The Morgan fingerprint density at radius 3 is 2.71 bits per heavy atom. The van der Waals surface area contributed by atoms with Gasteiger partial charge >= 0.3 is 5.69 Å². The first-order valence-electron chi connectivity index (χ1n) is 15.8. The first-order valence-corrected chi connectivity index (χ1v) is 15.8. The average molecular weight is 619 g/mol. The van der Waals surface area contributed by atoms with Gasteiger partial charge < -0.3 is 27.1 Å². The molecule has 4 atom stereocenters. The third-order valence-electron chi connectivity index (χ3n) is 8.63. The number of aryl methyl sites for hydroxylation is 2. The van der Waals surface area contributed by atoms with Crippen LogP contribution in [0.4, 0.5) is 8.78 Å². The van der Waals surface area contributed by atoms with Gasteiger partial charge in [-0.25, -0.2) is 13.6 Å². The number of H-pyrrole nitrogens is 1. The first-order chi connectivity index (χ1) is 21.6. The number of piperidine rings is 1. The molecule has 9 nitrogen and oxygen atoms in total. The number of amidine groups is 1. The van der Waals surface area contributed by atoms with Crippen molar-refractivity contribution in [1.29, 1.82) is 5.41 Å². The molecule has 0 aliphatic carbocycles. The third kappa shape index (κ3) is 7.84. The van der Waals surface area contributed by atoms with Crippen LogP contribution in [0.2, 0.25) is 0 Å². The maximum absolute atomic E-state index is 15.3.